The zero-order valence-corrected chi connectivity index (χ0v) is 8.94. The quantitative estimate of drug-likeness (QED) is 0.731. The molecule has 1 amide bonds. The Morgan fingerprint density at radius 3 is 2.67 bits per heavy atom. The first kappa shape index (κ1) is 11.2. The van der Waals surface area contributed by atoms with Crippen LogP contribution in [-0.4, -0.2) is 21.7 Å². The molecule has 0 aliphatic rings. The summed E-state index contributed by atoms with van der Waals surface area (Å²) in [6, 6.07) is 1.45. The molecular formula is C9H14N4O2. The van der Waals surface area contributed by atoms with E-state index >= 15 is 0 Å². The van der Waals surface area contributed by atoms with Crippen LogP contribution in [0.25, 0.3) is 0 Å². The van der Waals surface area contributed by atoms with E-state index in [4.69, 9.17) is 10.5 Å². The lowest BCUT2D eigenvalue weighted by Gasteiger charge is -2.19. The van der Waals surface area contributed by atoms with Gasteiger partial charge in [0.05, 0.1) is 0 Å². The highest BCUT2D eigenvalue weighted by Gasteiger charge is 2.16. The lowest BCUT2D eigenvalue weighted by Crippen LogP contribution is -2.27. The van der Waals surface area contributed by atoms with Crippen LogP contribution in [0.5, 0.6) is 0 Å². The number of ether oxygens (including phenoxy) is 1. The predicted octanol–water partition coefficient (Wildman–Crippen LogP) is 1.41. The second-order valence-corrected chi connectivity index (χ2v) is 3.96. The minimum atomic E-state index is -0.569. The summed E-state index contributed by atoms with van der Waals surface area (Å²) in [5.41, 5.74) is 4.88. The molecule has 0 unspecified atom stereocenters. The van der Waals surface area contributed by atoms with E-state index in [-0.39, 0.29) is 5.82 Å². The minimum Gasteiger partial charge on any atom is -0.444 e. The van der Waals surface area contributed by atoms with Crippen molar-refractivity contribution in [3.05, 3.63) is 12.4 Å². The molecule has 0 aromatic carbocycles. The average Bonchev–Trinajstić information content (AvgIpc) is 1.99. The van der Waals surface area contributed by atoms with Gasteiger partial charge in [-0.05, 0) is 20.8 Å². The molecular weight excluding hydrogens is 196 g/mol. The Kier molecular flexibility index (Phi) is 3.08. The molecule has 15 heavy (non-hydrogen) atoms. The minimum absolute atomic E-state index is 0.288. The highest BCUT2D eigenvalue weighted by molar-refractivity contribution is 5.83. The number of nitrogen functional groups attached to an aromatic ring is 1. The number of nitrogens with two attached hydrogens (primary N) is 1. The van der Waals surface area contributed by atoms with Crippen LogP contribution in [-0.2, 0) is 4.74 Å². The van der Waals surface area contributed by atoms with Crippen LogP contribution >= 0.6 is 0 Å². The van der Waals surface area contributed by atoms with E-state index in [0.717, 1.165) is 0 Å². The first-order valence-corrected chi connectivity index (χ1v) is 4.44. The smallest absolute Gasteiger partial charge is 0.413 e. The van der Waals surface area contributed by atoms with Crippen LogP contribution in [0.3, 0.4) is 0 Å². The molecule has 0 atom stereocenters. The molecule has 6 heteroatoms. The van der Waals surface area contributed by atoms with Crippen LogP contribution in [0.1, 0.15) is 20.8 Å². The van der Waals surface area contributed by atoms with Gasteiger partial charge in [0.15, 0.2) is 0 Å². The van der Waals surface area contributed by atoms with Crippen LogP contribution in [0.4, 0.5) is 16.4 Å². The van der Waals surface area contributed by atoms with Gasteiger partial charge in [-0.25, -0.2) is 14.8 Å². The fourth-order valence-corrected chi connectivity index (χ4v) is 0.849. The molecule has 0 spiro atoms. The monoisotopic (exact) mass is 210 g/mol. The van der Waals surface area contributed by atoms with Gasteiger partial charge >= 0.3 is 6.09 Å². The van der Waals surface area contributed by atoms with Crippen molar-refractivity contribution in [2.75, 3.05) is 11.1 Å². The molecule has 1 rings (SSSR count). The fourth-order valence-electron chi connectivity index (χ4n) is 0.849. The van der Waals surface area contributed by atoms with Crippen molar-refractivity contribution in [1.82, 2.24) is 9.97 Å². The van der Waals surface area contributed by atoms with Gasteiger partial charge in [-0.2, -0.15) is 0 Å². The van der Waals surface area contributed by atoms with E-state index in [9.17, 15) is 4.79 Å². The summed E-state index contributed by atoms with van der Waals surface area (Å²) in [4.78, 5) is 18.8. The van der Waals surface area contributed by atoms with Crippen molar-refractivity contribution < 1.29 is 9.53 Å². The van der Waals surface area contributed by atoms with Crippen molar-refractivity contribution in [3.63, 3.8) is 0 Å². The molecule has 0 saturated carbocycles. The standard InChI is InChI=1S/C9H14N4O2/c1-9(2,3)15-8(14)13-7-4-6(10)11-5-12-7/h4-5H,1-3H3,(H3,10,11,12,13,14). The fraction of sp³-hybridized carbons (Fsp3) is 0.444. The van der Waals surface area contributed by atoms with Gasteiger partial charge in [-0.3, -0.25) is 5.32 Å². The largest absolute Gasteiger partial charge is 0.444 e. The summed E-state index contributed by atoms with van der Waals surface area (Å²) in [5.74, 6) is 0.604. The maximum atomic E-state index is 11.3. The summed E-state index contributed by atoms with van der Waals surface area (Å²) in [5, 5.41) is 2.45. The Hall–Kier alpha value is -1.85. The first-order chi connectivity index (χ1) is 6.87. The van der Waals surface area contributed by atoms with Crippen LogP contribution < -0.4 is 11.1 Å². The van der Waals surface area contributed by atoms with Crippen LogP contribution in [0.15, 0.2) is 12.4 Å². The Morgan fingerprint density at radius 2 is 2.13 bits per heavy atom. The van der Waals surface area contributed by atoms with Gasteiger partial charge in [0.2, 0.25) is 0 Å². The number of nitrogens with zero attached hydrogens (tertiary/aromatic N) is 2. The maximum absolute atomic E-state index is 11.3. The van der Waals surface area contributed by atoms with Crippen molar-refractivity contribution in [2.45, 2.75) is 26.4 Å². The molecule has 1 aromatic heterocycles. The van der Waals surface area contributed by atoms with Crippen molar-refractivity contribution in [1.29, 1.82) is 0 Å². The molecule has 82 valence electrons. The lowest BCUT2D eigenvalue weighted by molar-refractivity contribution is 0.0635. The topological polar surface area (TPSA) is 90.1 Å². The second-order valence-electron chi connectivity index (χ2n) is 3.96. The first-order valence-electron chi connectivity index (χ1n) is 4.44. The van der Waals surface area contributed by atoms with Crippen molar-refractivity contribution in [3.8, 4) is 0 Å². The van der Waals surface area contributed by atoms with Gasteiger partial charge in [-0.1, -0.05) is 0 Å². The zero-order valence-electron chi connectivity index (χ0n) is 8.94. The van der Waals surface area contributed by atoms with Crippen LogP contribution in [0.2, 0.25) is 0 Å². The third-order valence-electron chi connectivity index (χ3n) is 1.32. The summed E-state index contributed by atoms with van der Waals surface area (Å²) in [6.07, 6.45) is 0.697. The van der Waals surface area contributed by atoms with Gasteiger partial charge in [0.1, 0.15) is 23.6 Å². The summed E-state index contributed by atoms with van der Waals surface area (Å²) in [6.45, 7) is 5.34. The molecule has 0 fully saturated rings. The average molecular weight is 210 g/mol. The van der Waals surface area contributed by atoms with Gasteiger partial charge < -0.3 is 10.5 Å². The van der Waals surface area contributed by atoms with E-state index in [2.05, 4.69) is 15.3 Å². The number of hydrogen-bond acceptors (Lipinski definition) is 5. The molecule has 3 N–H and O–H groups in total. The van der Waals surface area contributed by atoms with Crippen molar-refractivity contribution in [2.24, 2.45) is 0 Å². The zero-order chi connectivity index (χ0) is 11.5. The summed E-state index contributed by atoms with van der Waals surface area (Å²) >= 11 is 0. The van der Waals surface area contributed by atoms with Gasteiger partial charge in [-0.15, -0.1) is 0 Å². The molecule has 0 aliphatic heterocycles. The van der Waals surface area contributed by atoms with Crippen LogP contribution in [0, 0.1) is 0 Å². The van der Waals surface area contributed by atoms with E-state index in [1.807, 2.05) is 0 Å². The molecule has 1 heterocycles. The molecule has 1 aromatic rings. The number of anilines is 2. The predicted molar refractivity (Wildman–Crippen MR) is 56.3 cm³/mol. The SMILES string of the molecule is CC(C)(C)OC(=O)Nc1cc(N)ncn1. The third kappa shape index (κ3) is 4.26. The Labute approximate surface area is 87.9 Å². The number of rotatable bonds is 1. The molecule has 0 radical (unpaired) electrons. The van der Waals surface area contributed by atoms with Crippen molar-refractivity contribution >= 4 is 17.7 Å². The Morgan fingerprint density at radius 1 is 1.47 bits per heavy atom. The third-order valence-corrected chi connectivity index (χ3v) is 1.32. The van der Waals surface area contributed by atoms with E-state index in [0.29, 0.717) is 5.82 Å². The van der Waals surface area contributed by atoms with Gasteiger partial charge in [0, 0.05) is 6.07 Å². The number of nitrogens with one attached hydrogen (secondary N) is 1. The van der Waals surface area contributed by atoms with Gasteiger partial charge in [0.25, 0.3) is 0 Å². The number of carbonyl (C=O) groups is 1. The highest BCUT2D eigenvalue weighted by Crippen LogP contribution is 2.10. The molecule has 0 saturated heterocycles. The number of aromatic nitrogens is 2. The summed E-state index contributed by atoms with van der Waals surface area (Å²) < 4.78 is 5.03. The number of hydrogen-bond donors (Lipinski definition) is 2. The molecule has 0 aliphatic carbocycles. The number of carbonyl (C=O) groups excluding carboxylic acids is 1. The highest BCUT2D eigenvalue weighted by atomic mass is 16.6. The van der Waals surface area contributed by atoms with E-state index in [1.165, 1.54) is 12.4 Å². The molecule has 0 bridgehead atoms. The Bertz CT molecular complexity index is 359. The normalized spacial score (nSPS) is 10.9. The van der Waals surface area contributed by atoms with E-state index in [1.54, 1.807) is 20.8 Å². The summed E-state index contributed by atoms with van der Waals surface area (Å²) in [7, 11) is 0. The number of amides is 1. The lowest BCUT2D eigenvalue weighted by atomic mass is 10.2. The maximum Gasteiger partial charge on any atom is 0.413 e. The molecule has 6 nitrogen and oxygen atoms in total. The Balaban J connectivity index is 2.59. The van der Waals surface area contributed by atoms with E-state index < -0.39 is 11.7 Å². The second kappa shape index (κ2) is 4.12.